The number of urea groups is 1. The summed E-state index contributed by atoms with van der Waals surface area (Å²) < 4.78 is 9.74. The standard InChI is InChI=1S/C12H17N3O5/c1-19-6-5-15(8-11(16)17)12(18)14-9-3-4-10(20-2)13-7-9/h3-4,7H,5-6,8H2,1-2H3,(H,14,18)(H,16,17). The van der Waals surface area contributed by atoms with Crippen LogP contribution in [0.1, 0.15) is 0 Å². The molecule has 0 spiro atoms. The highest BCUT2D eigenvalue weighted by atomic mass is 16.5. The molecule has 1 rings (SSSR count). The molecule has 2 N–H and O–H groups in total. The van der Waals surface area contributed by atoms with Gasteiger partial charge in [0.15, 0.2) is 0 Å². The number of carbonyl (C=O) groups is 2. The maximum atomic E-state index is 11.9. The molecule has 8 heteroatoms. The van der Waals surface area contributed by atoms with Gasteiger partial charge in [-0.15, -0.1) is 0 Å². The number of carbonyl (C=O) groups excluding carboxylic acids is 1. The summed E-state index contributed by atoms with van der Waals surface area (Å²) >= 11 is 0. The van der Waals surface area contributed by atoms with E-state index in [2.05, 4.69) is 10.3 Å². The summed E-state index contributed by atoms with van der Waals surface area (Å²) in [5.41, 5.74) is 0.448. The maximum Gasteiger partial charge on any atom is 0.323 e. The van der Waals surface area contributed by atoms with E-state index in [0.29, 0.717) is 11.6 Å². The number of hydrogen-bond acceptors (Lipinski definition) is 5. The molecule has 2 amide bonds. The minimum atomic E-state index is -1.09. The second-order valence-electron chi connectivity index (χ2n) is 3.83. The molecule has 0 saturated heterocycles. The average Bonchev–Trinajstić information content (AvgIpc) is 2.43. The smallest absolute Gasteiger partial charge is 0.323 e. The molecule has 0 aliphatic heterocycles. The first-order valence-electron chi connectivity index (χ1n) is 5.83. The zero-order chi connectivity index (χ0) is 15.0. The number of anilines is 1. The van der Waals surface area contributed by atoms with Crippen molar-refractivity contribution < 1.29 is 24.2 Å². The van der Waals surface area contributed by atoms with Gasteiger partial charge in [0.25, 0.3) is 0 Å². The van der Waals surface area contributed by atoms with Gasteiger partial charge >= 0.3 is 12.0 Å². The number of methoxy groups -OCH3 is 2. The van der Waals surface area contributed by atoms with Gasteiger partial charge in [0.1, 0.15) is 6.54 Å². The molecule has 0 saturated carbocycles. The van der Waals surface area contributed by atoms with Gasteiger partial charge in [0.2, 0.25) is 5.88 Å². The topological polar surface area (TPSA) is 101 Å². The Morgan fingerprint density at radius 1 is 1.40 bits per heavy atom. The largest absolute Gasteiger partial charge is 0.481 e. The molecule has 8 nitrogen and oxygen atoms in total. The van der Waals surface area contributed by atoms with Crippen LogP contribution in [0.2, 0.25) is 0 Å². The molecule has 0 aliphatic rings. The lowest BCUT2D eigenvalue weighted by Gasteiger charge is -2.20. The van der Waals surface area contributed by atoms with Gasteiger partial charge in [-0.25, -0.2) is 9.78 Å². The van der Waals surface area contributed by atoms with Crippen LogP contribution in [0.15, 0.2) is 18.3 Å². The SMILES string of the molecule is COCCN(CC(=O)O)C(=O)Nc1ccc(OC)nc1. The predicted molar refractivity (Wildman–Crippen MR) is 70.9 cm³/mol. The van der Waals surface area contributed by atoms with Crippen LogP contribution in [0.4, 0.5) is 10.5 Å². The third kappa shape index (κ3) is 5.11. The Morgan fingerprint density at radius 2 is 2.15 bits per heavy atom. The van der Waals surface area contributed by atoms with E-state index in [1.165, 1.54) is 20.4 Å². The monoisotopic (exact) mass is 283 g/mol. The Labute approximate surface area is 116 Å². The zero-order valence-corrected chi connectivity index (χ0v) is 11.3. The Bertz CT molecular complexity index is 449. The van der Waals surface area contributed by atoms with E-state index < -0.39 is 18.5 Å². The fourth-order valence-corrected chi connectivity index (χ4v) is 1.39. The molecule has 0 atom stereocenters. The summed E-state index contributed by atoms with van der Waals surface area (Å²) in [5, 5.41) is 11.3. The van der Waals surface area contributed by atoms with E-state index in [-0.39, 0.29) is 13.2 Å². The number of aliphatic carboxylic acids is 1. The number of rotatable bonds is 7. The number of aromatic nitrogens is 1. The van der Waals surface area contributed by atoms with Crippen LogP contribution in [-0.4, -0.2) is 60.9 Å². The Morgan fingerprint density at radius 3 is 2.65 bits per heavy atom. The second-order valence-corrected chi connectivity index (χ2v) is 3.83. The number of hydrogen-bond donors (Lipinski definition) is 2. The van der Waals surface area contributed by atoms with Crippen molar-refractivity contribution in [2.24, 2.45) is 0 Å². The molecular weight excluding hydrogens is 266 g/mol. The Hall–Kier alpha value is -2.35. The van der Waals surface area contributed by atoms with Crippen molar-refractivity contribution in [2.75, 3.05) is 39.2 Å². The lowest BCUT2D eigenvalue weighted by atomic mass is 10.4. The highest BCUT2D eigenvalue weighted by Gasteiger charge is 2.16. The molecule has 1 aromatic rings. The van der Waals surface area contributed by atoms with E-state index in [1.54, 1.807) is 12.1 Å². The van der Waals surface area contributed by atoms with E-state index in [1.807, 2.05) is 0 Å². The van der Waals surface area contributed by atoms with Gasteiger partial charge < -0.3 is 24.8 Å². The van der Waals surface area contributed by atoms with Crippen LogP contribution in [0.25, 0.3) is 0 Å². The minimum absolute atomic E-state index is 0.179. The molecule has 0 fully saturated rings. The summed E-state index contributed by atoms with van der Waals surface area (Å²) in [4.78, 5) is 27.7. The summed E-state index contributed by atoms with van der Waals surface area (Å²) in [6.07, 6.45) is 1.42. The Kier molecular flexibility index (Phi) is 6.24. The van der Waals surface area contributed by atoms with Crippen molar-refractivity contribution in [3.63, 3.8) is 0 Å². The number of carboxylic acids is 1. The van der Waals surface area contributed by atoms with Crippen molar-refractivity contribution >= 4 is 17.7 Å². The van der Waals surface area contributed by atoms with Crippen molar-refractivity contribution in [3.05, 3.63) is 18.3 Å². The van der Waals surface area contributed by atoms with Crippen molar-refractivity contribution in [2.45, 2.75) is 0 Å². The third-order valence-corrected chi connectivity index (χ3v) is 2.38. The molecule has 110 valence electrons. The first kappa shape index (κ1) is 15.7. The van der Waals surface area contributed by atoms with Crippen molar-refractivity contribution in [3.8, 4) is 5.88 Å². The van der Waals surface area contributed by atoms with E-state index in [0.717, 1.165) is 4.90 Å². The number of amides is 2. The van der Waals surface area contributed by atoms with E-state index >= 15 is 0 Å². The first-order valence-corrected chi connectivity index (χ1v) is 5.83. The van der Waals surface area contributed by atoms with Crippen LogP contribution < -0.4 is 10.1 Å². The first-order chi connectivity index (χ1) is 9.56. The van der Waals surface area contributed by atoms with Crippen LogP contribution >= 0.6 is 0 Å². The van der Waals surface area contributed by atoms with E-state index in [9.17, 15) is 9.59 Å². The number of carboxylic acid groups (broad SMARTS) is 1. The van der Waals surface area contributed by atoms with Gasteiger partial charge in [-0.2, -0.15) is 0 Å². The highest BCUT2D eigenvalue weighted by molar-refractivity contribution is 5.91. The van der Waals surface area contributed by atoms with Gasteiger partial charge in [-0.3, -0.25) is 4.79 Å². The molecular formula is C12H17N3O5. The summed E-state index contributed by atoms with van der Waals surface area (Å²) in [5.74, 6) is -0.672. The molecule has 1 aromatic heterocycles. The Balaban J connectivity index is 2.65. The molecule has 0 aromatic carbocycles. The van der Waals surface area contributed by atoms with E-state index in [4.69, 9.17) is 14.6 Å². The number of nitrogens with zero attached hydrogens (tertiary/aromatic N) is 2. The predicted octanol–water partition coefficient (Wildman–Crippen LogP) is 0.655. The van der Waals surface area contributed by atoms with Crippen molar-refractivity contribution in [1.29, 1.82) is 0 Å². The van der Waals surface area contributed by atoms with Gasteiger partial charge in [0, 0.05) is 19.7 Å². The van der Waals surface area contributed by atoms with Gasteiger partial charge in [0.05, 0.1) is 25.6 Å². The van der Waals surface area contributed by atoms with Crippen LogP contribution in [0.3, 0.4) is 0 Å². The van der Waals surface area contributed by atoms with Crippen molar-refractivity contribution in [1.82, 2.24) is 9.88 Å². The normalized spacial score (nSPS) is 9.90. The third-order valence-electron chi connectivity index (χ3n) is 2.38. The lowest BCUT2D eigenvalue weighted by molar-refractivity contribution is -0.137. The fourth-order valence-electron chi connectivity index (χ4n) is 1.39. The molecule has 0 radical (unpaired) electrons. The zero-order valence-electron chi connectivity index (χ0n) is 11.3. The lowest BCUT2D eigenvalue weighted by Crippen LogP contribution is -2.40. The van der Waals surface area contributed by atoms with Crippen LogP contribution in [0.5, 0.6) is 5.88 Å². The maximum absolute atomic E-state index is 11.9. The average molecular weight is 283 g/mol. The summed E-state index contributed by atoms with van der Waals surface area (Å²) in [6.45, 7) is 0.0263. The summed E-state index contributed by atoms with van der Waals surface area (Å²) in [6, 6.07) is 2.67. The minimum Gasteiger partial charge on any atom is -0.481 e. The molecule has 0 bridgehead atoms. The fraction of sp³-hybridized carbons (Fsp3) is 0.417. The van der Waals surface area contributed by atoms with Gasteiger partial charge in [-0.05, 0) is 6.07 Å². The number of nitrogens with one attached hydrogen (secondary N) is 1. The number of pyridine rings is 1. The quantitative estimate of drug-likeness (QED) is 0.762. The molecule has 1 heterocycles. The van der Waals surface area contributed by atoms with Crippen LogP contribution in [-0.2, 0) is 9.53 Å². The molecule has 20 heavy (non-hydrogen) atoms. The number of ether oxygens (including phenoxy) is 2. The molecule has 0 aliphatic carbocycles. The second kappa shape index (κ2) is 7.95. The summed E-state index contributed by atoms with van der Waals surface area (Å²) in [7, 11) is 2.96. The van der Waals surface area contributed by atoms with Crippen LogP contribution in [0, 0.1) is 0 Å². The highest BCUT2D eigenvalue weighted by Crippen LogP contribution is 2.11. The molecule has 0 unspecified atom stereocenters. The van der Waals surface area contributed by atoms with Gasteiger partial charge in [-0.1, -0.05) is 0 Å².